The Hall–Kier alpha value is -1.39. The predicted molar refractivity (Wildman–Crippen MR) is 43.0 cm³/mol. The summed E-state index contributed by atoms with van der Waals surface area (Å²) in [6.45, 7) is 4.51. The van der Waals surface area contributed by atoms with Gasteiger partial charge in [0, 0.05) is 0 Å². The van der Waals surface area contributed by atoms with Crippen molar-refractivity contribution in [1.82, 2.24) is 15.4 Å². The summed E-state index contributed by atoms with van der Waals surface area (Å²) in [6, 6.07) is 0. The molecule has 0 aliphatic heterocycles. The maximum absolute atomic E-state index is 10.9. The summed E-state index contributed by atoms with van der Waals surface area (Å²) >= 11 is 0. The van der Waals surface area contributed by atoms with Gasteiger partial charge in [0.05, 0.1) is 12.8 Å². The third kappa shape index (κ3) is 2.34. The van der Waals surface area contributed by atoms with Crippen LogP contribution in [0.25, 0.3) is 0 Å². The molecule has 1 rings (SSSR count). The summed E-state index contributed by atoms with van der Waals surface area (Å²) < 4.78 is 5.15. The standard InChI is InChI=1S/C7H11N3O2/c1-5(2)4-12-6-3-8-10-9-7(6)11/h3,5H,4H2,1-2H3,(H,8,9,11). The number of H-pyrrole nitrogens is 1. The van der Waals surface area contributed by atoms with Crippen molar-refractivity contribution in [2.24, 2.45) is 5.92 Å². The van der Waals surface area contributed by atoms with Crippen LogP contribution in [0.15, 0.2) is 11.0 Å². The molecule has 0 aliphatic rings. The van der Waals surface area contributed by atoms with Crippen molar-refractivity contribution in [3.8, 4) is 5.75 Å². The molecule has 0 bridgehead atoms. The number of hydrogen-bond donors (Lipinski definition) is 1. The minimum absolute atomic E-state index is 0.221. The second kappa shape index (κ2) is 3.85. The van der Waals surface area contributed by atoms with Crippen molar-refractivity contribution < 1.29 is 4.74 Å². The van der Waals surface area contributed by atoms with Crippen molar-refractivity contribution in [1.29, 1.82) is 0 Å². The largest absolute Gasteiger partial charge is 0.486 e. The highest BCUT2D eigenvalue weighted by atomic mass is 16.5. The third-order valence-electron chi connectivity index (χ3n) is 1.18. The Labute approximate surface area is 69.8 Å². The predicted octanol–water partition coefficient (Wildman–Crippen LogP) is 0.200. The number of aromatic nitrogens is 3. The van der Waals surface area contributed by atoms with E-state index in [1.54, 1.807) is 0 Å². The highest BCUT2D eigenvalue weighted by Gasteiger charge is 2.01. The molecule has 1 N–H and O–H groups in total. The SMILES string of the molecule is CC(C)COc1cnn[nH]c1=O. The van der Waals surface area contributed by atoms with Crippen LogP contribution in [0.2, 0.25) is 0 Å². The first-order valence-electron chi connectivity index (χ1n) is 3.73. The summed E-state index contributed by atoms with van der Waals surface area (Å²) in [6.07, 6.45) is 1.31. The zero-order chi connectivity index (χ0) is 8.97. The van der Waals surface area contributed by atoms with Gasteiger partial charge < -0.3 is 4.74 Å². The third-order valence-corrected chi connectivity index (χ3v) is 1.18. The van der Waals surface area contributed by atoms with Gasteiger partial charge in [-0.3, -0.25) is 4.79 Å². The first-order chi connectivity index (χ1) is 5.70. The van der Waals surface area contributed by atoms with Gasteiger partial charge in [0.2, 0.25) is 5.75 Å². The molecule has 0 aromatic carbocycles. The van der Waals surface area contributed by atoms with Gasteiger partial charge in [-0.25, -0.2) is 5.10 Å². The molecule has 0 atom stereocenters. The molecule has 12 heavy (non-hydrogen) atoms. The first kappa shape index (κ1) is 8.70. The Balaban J connectivity index is 2.64. The van der Waals surface area contributed by atoms with E-state index in [9.17, 15) is 4.79 Å². The molecule has 0 amide bonds. The van der Waals surface area contributed by atoms with Crippen LogP contribution in [0.3, 0.4) is 0 Å². The molecule has 0 saturated heterocycles. The van der Waals surface area contributed by atoms with Crippen LogP contribution in [-0.2, 0) is 0 Å². The Morgan fingerprint density at radius 1 is 1.67 bits per heavy atom. The Bertz CT molecular complexity index is 295. The lowest BCUT2D eigenvalue weighted by Gasteiger charge is -2.05. The first-order valence-corrected chi connectivity index (χ1v) is 3.73. The van der Waals surface area contributed by atoms with E-state index < -0.39 is 0 Å². The van der Waals surface area contributed by atoms with Crippen LogP contribution in [0, 0.1) is 5.92 Å². The molecule has 1 heterocycles. The van der Waals surface area contributed by atoms with E-state index >= 15 is 0 Å². The van der Waals surface area contributed by atoms with Gasteiger partial charge in [0.15, 0.2) is 0 Å². The van der Waals surface area contributed by atoms with Gasteiger partial charge >= 0.3 is 5.56 Å². The second-order valence-corrected chi connectivity index (χ2v) is 2.85. The molecule has 0 aliphatic carbocycles. The summed E-state index contributed by atoms with van der Waals surface area (Å²) in [5, 5.41) is 8.98. The van der Waals surface area contributed by atoms with Crippen molar-refractivity contribution in [2.45, 2.75) is 13.8 Å². The lowest BCUT2D eigenvalue weighted by atomic mass is 10.2. The molecule has 66 valence electrons. The van der Waals surface area contributed by atoms with Crippen molar-refractivity contribution >= 4 is 0 Å². The number of ether oxygens (including phenoxy) is 1. The molecule has 1 aromatic rings. The topological polar surface area (TPSA) is 67.9 Å². The highest BCUT2D eigenvalue weighted by molar-refractivity contribution is 5.08. The average molecular weight is 169 g/mol. The number of aromatic amines is 1. The van der Waals surface area contributed by atoms with E-state index in [2.05, 4.69) is 15.4 Å². The van der Waals surface area contributed by atoms with Crippen molar-refractivity contribution in [3.63, 3.8) is 0 Å². The number of hydrogen-bond acceptors (Lipinski definition) is 4. The van der Waals surface area contributed by atoms with Crippen molar-refractivity contribution in [2.75, 3.05) is 6.61 Å². The summed E-state index contributed by atoms with van der Waals surface area (Å²) in [5.74, 6) is 0.608. The van der Waals surface area contributed by atoms with E-state index in [0.29, 0.717) is 12.5 Å². The quantitative estimate of drug-likeness (QED) is 0.701. The van der Waals surface area contributed by atoms with E-state index in [-0.39, 0.29) is 11.3 Å². The minimum atomic E-state index is -0.342. The van der Waals surface area contributed by atoms with E-state index in [1.165, 1.54) is 6.20 Å². The van der Waals surface area contributed by atoms with E-state index in [4.69, 9.17) is 4.74 Å². The highest BCUT2D eigenvalue weighted by Crippen LogP contribution is 1.99. The fourth-order valence-corrected chi connectivity index (χ4v) is 0.629. The van der Waals surface area contributed by atoms with Gasteiger partial charge in [0.1, 0.15) is 0 Å². The Morgan fingerprint density at radius 3 is 3.00 bits per heavy atom. The normalized spacial score (nSPS) is 10.2. The van der Waals surface area contributed by atoms with Gasteiger partial charge in [-0.15, -0.1) is 5.10 Å². The van der Waals surface area contributed by atoms with Gasteiger partial charge in [-0.05, 0) is 5.92 Å². The summed E-state index contributed by atoms with van der Waals surface area (Å²) in [4.78, 5) is 10.9. The van der Waals surface area contributed by atoms with Crippen LogP contribution < -0.4 is 10.3 Å². The number of nitrogens with one attached hydrogen (secondary N) is 1. The molecule has 0 fully saturated rings. The lowest BCUT2D eigenvalue weighted by molar-refractivity contribution is 0.265. The molecule has 0 saturated carbocycles. The smallest absolute Gasteiger partial charge is 0.309 e. The van der Waals surface area contributed by atoms with Gasteiger partial charge in [0.25, 0.3) is 0 Å². The maximum Gasteiger partial charge on any atom is 0.309 e. The Kier molecular flexibility index (Phi) is 2.79. The monoisotopic (exact) mass is 169 g/mol. The summed E-state index contributed by atoms with van der Waals surface area (Å²) in [7, 11) is 0. The number of rotatable bonds is 3. The molecule has 5 heteroatoms. The van der Waals surface area contributed by atoms with Crippen LogP contribution in [0.5, 0.6) is 5.75 Å². The average Bonchev–Trinajstić information content (AvgIpc) is 2.03. The van der Waals surface area contributed by atoms with E-state index in [1.807, 2.05) is 13.8 Å². The van der Waals surface area contributed by atoms with Gasteiger partial charge in [-0.2, -0.15) is 0 Å². The molecule has 0 spiro atoms. The maximum atomic E-state index is 10.9. The molecular weight excluding hydrogens is 158 g/mol. The fourth-order valence-electron chi connectivity index (χ4n) is 0.629. The molecule has 1 aromatic heterocycles. The van der Waals surface area contributed by atoms with Crippen LogP contribution in [-0.4, -0.2) is 22.0 Å². The lowest BCUT2D eigenvalue weighted by Crippen LogP contribution is -2.15. The van der Waals surface area contributed by atoms with Crippen LogP contribution in [0.1, 0.15) is 13.8 Å². The molecule has 0 radical (unpaired) electrons. The van der Waals surface area contributed by atoms with Gasteiger partial charge in [-0.1, -0.05) is 19.1 Å². The molecule has 0 unspecified atom stereocenters. The van der Waals surface area contributed by atoms with E-state index in [0.717, 1.165) is 0 Å². The second-order valence-electron chi connectivity index (χ2n) is 2.85. The summed E-state index contributed by atoms with van der Waals surface area (Å²) in [5.41, 5.74) is -0.342. The van der Waals surface area contributed by atoms with Crippen LogP contribution >= 0.6 is 0 Å². The fraction of sp³-hybridized carbons (Fsp3) is 0.571. The van der Waals surface area contributed by atoms with Crippen molar-refractivity contribution in [3.05, 3.63) is 16.6 Å². The zero-order valence-corrected chi connectivity index (χ0v) is 7.07. The number of nitrogens with zero attached hydrogens (tertiary/aromatic N) is 2. The molecular formula is C7H11N3O2. The minimum Gasteiger partial charge on any atom is -0.486 e. The molecule has 5 nitrogen and oxygen atoms in total. The van der Waals surface area contributed by atoms with Crippen LogP contribution in [0.4, 0.5) is 0 Å². The Morgan fingerprint density at radius 2 is 2.42 bits per heavy atom. The zero-order valence-electron chi connectivity index (χ0n) is 7.07.